The molecule has 2 nitrogen and oxygen atoms in total. The van der Waals surface area contributed by atoms with Crippen LogP contribution in [-0.4, -0.2) is 40.6 Å². The van der Waals surface area contributed by atoms with Gasteiger partial charge in [0.15, 0.2) is 9.84 Å². The zero-order chi connectivity index (χ0) is 26.2. The van der Waals surface area contributed by atoms with Crippen LogP contribution in [0, 0.1) is 0 Å². The third-order valence-electron chi connectivity index (χ3n) is 8.96. The van der Waals surface area contributed by atoms with E-state index in [0.717, 1.165) is 24.1 Å². The summed E-state index contributed by atoms with van der Waals surface area (Å²) in [6.07, 6.45) is 1.01. The first-order valence-electron chi connectivity index (χ1n) is 13.5. The molecule has 0 bridgehead atoms. The number of benzene rings is 4. The second-order valence-corrected chi connectivity index (χ2v) is 21.1. The average Bonchev–Trinajstić information content (AvgIpc) is 3.20. The molecule has 0 spiro atoms. The predicted molar refractivity (Wildman–Crippen MR) is 166 cm³/mol. The van der Waals surface area contributed by atoms with E-state index in [4.69, 9.17) is 0 Å². The molecule has 1 fully saturated rings. The fourth-order valence-corrected chi connectivity index (χ4v) is 17.5. The Morgan fingerprint density at radius 3 is 2.13 bits per heavy atom. The van der Waals surface area contributed by atoms with E-state index in [2.05, 4.69) is 98.5 Å². The second-order valence-electron chi connectivity index (χ2n) is 11.3. The summed E-state index contributed by atoms with van der Waals surface area (Å²) in [6, 6.07) is 31.4. The number of fused-ring (bicyclic) bond motifs is 5. The maximum atomic E-state index is 13.0. The van der Waals surface area contributed by atoms with Crippen LogP contribution in [0.15, 0.2) is 78.9 Å². The molecule has 6 heteroatoms. The van der Waals surface area contributed by atoms with Crippen LogP contribution in [-0.2, 0) is 16.3 Å². The summed E-state index contributed by atoms with van der Waals surface area (Å²) < 4.78 is 26.0. The molecule has 3 radical (unpaired) electrons. The molecule has 0 saturated carbocycles. The molecule has 0 aliphatic carbocycles. The van der Waals surface area contributed by atoms with Gasteiger partial charge < -0.3 is 0 Å². The van der Waals surface area contributed by atoms with Gasteiger partial charge in [-0.2, -0.15) is 0 Å². The Hall–Kier alpha value is -2.52. The van der Waals surface area contributed by atoms with Crippen LogP contribution in [0.2, 0.25) is 31.7 Å². The first-order valence-corrected chi connectivity index (χ1v) is 21.6. The fraction of sp³-hybridized carbons (Fsp3) is 0.250. The van der Waals surface area contributed by atoms with Crippen molar-refractivity contribution in [1.82, 2.24) is 0 Å². The van der Waals surface area contributed by atoms with E-state index < -0.39 is 36.2 Å². The van der Waals surface area contributed by atoms with Crippen molar-refractivity contribution in [2.45, 2.75) is 43.4 Å². The maximum Gasteiger partial charge on any atom is 0.156 e. The fourth-order valence-electron chi connectivity index (χ4n) is 6.74. The minimum absolute atomic E-state index is 0.325. The largest absolute Gasteiger partial charge is 0.228 e. The molecular weight excluding hydrogens is 533 g/mol. The summed E-state index contributed by atoms with van der Waals surface area (Å²) in [5.41, 5.74) is 9.08. The smallest absolute Gasteiger partial charge is 0.156 e. The van der Waals surface area contributed by atoms with Crippen molar-refractivity contribution >= 4 is 57.0 Å². The molecule has 1 atom stereocenters. The van der Waals surface area contributed by atoms with Gasteiger partial charge in [-0.15, -0.1) is 0 Å². The molecule has 4 aromatic rings. The zero-order valence-electron chi connectivity index (χ0n) is 22.1. The molecule has 3 aliphatic rings. The van der Waals surface area contributed by atoms with Gasteiger partial charge in [0, 0.05) is 14.5 Å². The van der Waals surface area contributed by atoms with Crippen molar-refractivity contribution in [2.24, 2.45) is 0 Å². The minimum Gasteiger partial charge on any atom is -0.228 e. The van der Waals surface area contributed by atoms with E-state index in [1.807, 2.05) is 0 Å². The lowest BCUT2D eigenvalue weighted by Crippen LogP contribution is -2.46. The van der Waals surface area contributed by atoms with Crippen LogP contribution >= 0.6 is 0 Å². The van der Waals surface area contributed by atoms with Crippen molar-refractivity contribution in [3.8, 4) is 22.3 Å². The van der Waals surface area contributed by atoms with E-state index >= 15 is 0 Å². The normalized spacial score (nSPS) is 20.4. The molecule has 7 rings (SSSR count). The molecular formula is C32H31O2SSi3. The Kier molecular flexibility index (Phi) is 5.82. The standard InChI is InChI=1S/C32H31O2SSi3/c1-36-15-14-35(33,34)28(20-36)23-10-13-32-27(19-23)26-18-22(9-12-31(26)38(32)3)21-8-11-30-25(16-21)17-24-6-4-5-7-29(24)37(30)2/h4-13,16,18-19,28H,14-15,17,20H2,1-3H3. The van der Waals surface area contributed by atoms with E-state index in [9.17, 15) is 8.42 Å². The molecule has 0 N–H and O–H groups in total. The van der Waals surface area contributed by atoms with E-state index in [1.165, 1.54) is 48.9 Å². The van der Waals surface area contributed by atoms with Crippen LogP contribution in [0.3, 0.4) is 0 Å². The lowest BCUT2D eigenvalue weighted by molar-refractivity contribution is 0.584. The highest BCUT2D eigenvalue weighted by atomic mass is 32.2. The molecule has 38 heavy (non-hydrogen) atoms. The highest BCUT2D eigenvalue weighted by Crippen LogP contribution is 2.37. The summed E-state index contributed by atoms with van der Waals surface area (Å²) in [5.74, 6) is 0.354. The summed E-state index contributed by atoms with van der Waals surface area (Å²) in [4.78, 5) is 0. The number of hydrogen-bond donors (Lipinski definition) is 0. The first-order chi connectivity index (χ1) is 18.3. The third kappa shape index (κ3) is 3.87. The Morgan fingerprint density at radius 1 is 0.684 bits per heavy atom. The topological polar surface area (TPSA) is 34.1 Å². The summed E-state index contributed by atoms with van der Waals surface area (Å²) in [7, 11) is -5.23. The van der Waals surface area contributed by atoms with Crippen LogP contribution in [0.5, 0.6) is 0 Å². The Labute approximate surface area is 231 Å². The van der Waals surface area contributed by atoms with Gasteiger partial charge in [-0.05, 0) is 80.0 Å². The molecule has 0 aromatic heterocycles. The molecule has 3 heterocycles. The highest BCUT2D eigenvalue weighted by molar-refractivity contribution is 7.92. The number of hydrogen-bond acceptors (Lipinski definition) is 2. The van der Waals surface area contributed by atoms with Crippen molar-refractivity contribution in [1.29, 1.82) is 0 Å². The van der Waals surface area contributed by atoms with Crippen LogP contribution in [0.1, 0.15) is 21.9 Å². The Balaban J connectivity index is 1.28. The van der Waals surface area contributed by atoms with Crippen LogP contribution < -0.4 is 20.7 Å². The summed E-state index contributed by atoms with van der Waals surface area (Å²) >= 11 is 0. The first kappa shape index (κ1) is 24.5. The maximum absolute atomic E-state index is 13.0. The van der Waals surface area contributed by atoms with Crippen molar-refractivity contribution in [3.63, 3.8) is 0 Å². The van der Waals surface area contributed by atoms with Gasteiger partial charge >= 0.3 is 0 Å². The lowest BCUT2D eigenvalue weighted by Gasteiger charge is -2.27. The second kappa shape index (κ2) is 9.01. The SMILES string of the molecule is C[Si]1CCS(=O)(=O)C(c2ccc3c(c2)-c2cc(-c4ccc5c(c4)Cc4ccccc4[Si]5C)ccc2[Si]3C)C1. The molecule has 189 valence electrons. The van der Waals surface area contributed by atoms with Gasteiger partial charge in [0.2, 0.25) is 0 Å². The van der Waals surface area contributed by atoms with Crippen molar-refractivity contribution in [2.75, 3.05) is 5.75 Å². The zero-order valence-corrected chi connectivity index (χ0v) is 26.0. The Morgan fingerprint density at radius 2 is 1.32 bits per heavy atom. The average molecular weight is 564 g/mol. The molecule has 0 amide bonds. The molecule has 3 aliphatic heterocycles. The van der Waals surface area contributed by atoms with Gasteiger partial charge in [0.25, 0.3) is 0 Å². The minimum atomic E-state index is -3.07. The van der Waals surface area contributed by atoms with Crippen molar-refractivity contribution < 1.29 is 8.42 Å². The van der Waals surface area contributed by atoms with E-state index in [-0.39, 0.29) is 5.25 Å². The molecule has 1 saturated heterocycles. The van der Waals surface area contributed by atoms with Gasteiger partial charge in [0.05, 0.1) is 5.25 Å². The summed E-state index contributed by atoms with van der Waals surface area (Å²) in [6.45, 7) is 7.08. The van der Waals surface area contributed by atoms with Crippen molar-refractivity contribution in [3.05, 3.63) is 95.6 Å². The number of rotatable bonds is 2. The Bertz CT molecular complexity index is 1710. The van der Waals surface area contributed by atoms with Gasteiger partial charge in [-0.1, -0.05) is 96.7 Å². The third-order valence-corrected chi connectivity index (χ3v) is 19.0. The van der Waals surface area contributed by atoms with Crippen LogP contribution in [0.25, 0.3) is 22.3 Å². The van der Waals surface area contributed by atoms with Crippen LogP contribution in [0.4, 0.5) is 0 Å². The quantitative estimate of drug-likeness (QED) is 0.341. The molecule has 4 aromatic carbocycles. The molecule has 1 unspecified atom stereocenters. The summed E-state index contributed by atoms with van der Waals surface area (Å²) in [5, 5.41) is 5.63. The number of sulfone groups is 1. The van der Waals surface area contributed by atoms with Gasteiger partial charge in [-0.3, -0.25) is 0 Å². The van der Waals surface area contributed by atoms with Gasteiger partial charge in [0.1, 0.15) is 17.6 Å². The monoisotopic (exact) mass is 563 g/mol. The van der Waals surface area contributed by atoms with Gasteiger partial charge in [-0.25, -0.2) is 8.42 Å². The van der Waals surface area contributed by atoms with E-state index in [1.54, 1.807) is 5.19 Å². The highest BCUT2D eigenvalue weighted by Gasteiger charge is 2.36. The van der Waals surface area contributed by atoms with E-state index in [0.29, 0.717) is 5.75 Å². The predicted octanol–water partition coefficient (Wildman–Crippen LogP) is 4.31. The lowest BCUT2D eigenvalue weighted by atomic mass is 9.95.